The van der Waals surface area contributed by atoms with Gasteiger partial charge in [0.2, 0.25) is 5.82 Å². The summed E-state index contributed by atoms with van der Waals surface area (Å²) >= 11 is 12.1. The minimum absolute atomic E-state index is 0.124. The Morgan fingerprint density at radius 1 is 1.09 bits per heavy atom. The van der Waals surface area contributed by atoms with Crippen molar-refractivity contribution in [3.8, 4) is 22.9 Å². The summed E-state index contributed by atoms with van der Waals surface area (Å²) in [6, 6.07) is 19.8. The first-order valence-corrected chi connectivity index (χ1v) is 11.2. The Bertz CT molecular complexity index is 1340. The topological polar surface area (TPSA) is 104 Å². The van der Waals surface area contributed by atoms with Gasteiger partial charge in [0.15, 0.2) is 11.5 Å². The molecule has 0 bridgehead atoms. The van der Waals surface area contributed by atoms with E-state index in [2.05, 4.69) is 25.9 Å². The van der Waals surface area contributed by atoms with Crippen molar-refractivity contribution < 1.29 is 14.3 Å². The molecule has 4 aromatic rings. The smallest absolute Gasteiger partial charge is 0.263 e. The number of tetrazole rings is 1. The highest BCUT2D eigenvalue weighted by molar-refractivity contribution is 6.35. The largest absolute Gasteiger partial charge is 0.493 e. The van der Waals surface area contributed by atoms with Crippen LogP contribution in [0.2, 0.25) is 10.0 Å². The molecule has 1 amide bonds. The van der Waals surface area contributed by atoms with E-state index in [1.165, 1.54) is 18.1 Å². The van der Waals surface area contributed by atoms with Crippen LogP contribution in [0.4, 0.5) is 0 Å². The first-order chi connectivity index (χ1) is 17.0. The highest BCUT2D eigenvalue weighted by Crippen LogP contribution is 2.29. The van der Waals surface area contributed by atoms with Crippen molar-refractivity contribution >= 4 is 35.3 Å². The number of hydrogen-bond acceptors (Lipinski definition) is 7. The number of nitrogens with zero attached hydrogens (tertiary/aromatic N) is 5. The normalized spacial score (nSPS) is 10.9. The second kappa shape index (κ2) is 11.5. The number of carbonyl (C=O) groups excluding carboxylic acids is 1. The lowest BCUT2D eigenvalue weighted by molar-refractivity contribution is -0.122. The number of hydrazone groups is 1. The van der Waals surface area contributed by atoms with E-state index >= 15 is 0 Å². The first-order valence-electron chi connectivity index (χ1n) is 10.4. The van der Waals surface area contributed by atoms with E-state index in [0.717, 1.165) is 11.1 Å². The zero-order chi connectivity index (χ0) is 24.6. The minimum atomic E-state index is -0.398. The monoisotopic (exact) mass is 510 g/mol. The van der Waals surface area contributed by atoms with Crippen molar-refractivity contribution in [2.24, 2.45) is 5.10 Å². The summed E-state index contributed by atoms with van der Waals surface area (Å²) in [6.07, 6.45) is 1.49. The summed E-state index contributed by atoms with van der Waals surface area (Å²) in [4.78, 5) is 13.4. The van der Waals surface area contributed by atoms with Gasteiger partial charge in [-0.05, 0) is 41.1 Å². The molecule has 0 radical (unpaired) electrons. The zero-order valence-electron chi connectivity index (χ0n) is 18.6. The van der Waals surface area contributed by atoms with E-state index in [0.29, 0.717) is 32.9 Å². The highest BCUT2D eigenvalue weighted by Gasteiger charge is 2.10. The fourth-order valence-corrected chi connectivity index (χ4v) is 3.50. The van der Waals surface area contributed by atoms with Gasteiger partial charge in [0.05, 0.1) is 13.3 Å². The summed E-state index contributed by atoms with van der Waals surface area (Å²) in [5.74, 6) is 1.08. The maximum Gasteiger partial charge on any atom is 0.263 e. The number of nitrogens with one attached hydrogen (secondary N) is 1. The molecule has 0 aliphatic heterocycles. The molecule has 1 aromatic heterocycles. The number of methoxy groups -OCH3 is 1. The number of amides is 1. The molecule has 1 N–H and O–H groups in total. The third-order valence-corrected chi connectivity index (χ3v) is 5.35. The first kappa shape index (κ1) is 24.2. The minimum Gasteiger partial charge on any atom is -0.493 e. The average molecular weight is 511 g/mol. The Morgan fingerprint density at radius 2 is 1.91 bits per heavy atom. The molecule has 0 spiro atoms. The molecule has 3 aromatic carbocycles. The van der Waals surface area contributed by atoms with Gasteiger partial charge in [-0.2, -0.15) is 9.90 Å². The molecule has 0 saturated carbocycles. The van der Waals surface area contributed by atoms with Crippen molar-refractivity contribution in [3.63, 3.8) is 0 Å². The third-order valence-electron chi connectivity index (χ3n) is 4.76. The third kappa shape index (κ3) is 6.56. The van der Waals surface area contributed by atoms with Gasteiger partial charge in [0.25, 0.3) is 5.91 Å². The van der Waals surface area contributed by atoms with Crippen LogP contribution < -0.4 is 14.9 Å². The molecule has 35 heavy (non-hydrogen) atoms. The number of aromatic nitrogens is 4. The fourth-order valence-electron chi connectivity index (χ4n) is 3.03. The van der Waals surface area contributed by atoms with Gasteiger partial charge >= 0.3 is 0 Å². The molecule has 9 nitrogen and oxygen atoms in total. The number of hydrogen-bond donors (Lipinski definition) is 1. The summed E-state index contributed by atoms with van der Waals surface area (Å²) in [7, 11) is 1.54. The molecule has 1 heterocycles. The van der Waals surface area contributed by atoms with Crippen molar-refractivity contribution in [1.29, 1.82) is 0 Å². The lowest BCUT2D eigenvalue weighted by atomic mass is 10.2. The molecular weight excluding hydrogens is 491 g/mol. The zero-order valence-corrected chi connectivity index (χ0v) is 20.1. The molecule has 11 heteroatoms. The quantitative estimate of drug-likeness (QED) is 0.264. The van der Waals surface area contributed by atoms with Gasteiger partial charge in [0, 0.05) is 21.2 Å². The maximum absolute atomic E-state index is 12.2. The van der Waals surface area contributed by atoms with Crippen LogP contribution in [0.5, 0.6) is 11.5 Å². The van der Waals surface area contributed by atoms with Crippen LogP contribution in [0, 0.1) is 0 Å². The van der Waals surface area contributed by atoms with Crippen LogP contribution in [0.15, 0.2) is 71.8 Å². The van der Waals surface area contributed by atoms with E-state index in [1.54, 1.807) is 36.4 Å². The molecule has 0 unspecified atom stereocenters. The molecule has 0 fully saturated rings. The lowest BCUT2D eigenvalue weighted by Crippen LogP contribution is -2.24. The SMILES string of the molecule is COc1cc(C=NNC(=O)Cn2nnc(-c3ccccc3)n2)ccc1OCc1ccc(Cl)cc1Cl. The molecular formula is C24H20Cl2N6O3. The van der Waals surface area contributed by atoms with Crippen molar-refractivity contribution in [2.75, 3.05) is 7.11 Å². The Hall–Kier alpha value is -3.95. The van der Waals surface area contributed by atoms with Crippen molar-refractivity contribution in [3.05, 3.63) is 87.9 Å². The average Bonchev–Trinajstić information content (AvgIpc) is 3.33. The highest BCUT2D eigenvalue weighted by atomic mass is 35.5. The molecule has 0 aliphatic rings. The summed E-state index contributed by atoms with van der Waals surface area (Å²) in [6.45, 7) is 0.124. The van der Waals surface area contributed by atoms with Gasteiger partial charge in [-0.15, -0.1) is 10.2 Å². The van der Waals surface area contributed by atoms with Crippen LogP contribution in [0.1, 0.15) is 11.1 Å². The number of rotatable bonds is 9. The number of ether oxygens (including phenoxy) is 2. The fraction of sp³-hybridized carbons (Fsp3) is 0.125. The predicted molar refractivity (Wildman–Crippen MR) is 133 cm³/mol. The maximum atomic E-state index is 12.2. The van der Waals surface area contributed by atoms with Crippen molar-refractivity contribution in [1.82, 2.24) is 25.6 Å². The van der Waals surface area contributed by atoms with E-state index in [-0.39, 0.29) is 13.2 Å². The second-order valence-corrected chi connectivity index (χ2v) is 8.08. The van der Waals surface area contributed by atoms with E-state index in [4.69, 9.17) is 32.7 Å². The van der Waals surface area contributed by atoms with Crippen LogP contribution >= 0.6 is 23.2 Å². The Kier molecular flexibility index (Phi) is 7.92. The summed E-state index contributed by atoms with van der Waals surface area (Å²) in [5, 5.41) is 17.1. The van der Waals surface area contributed by atoms with Crippen LogP contribution in [-0.2, 0) is 17.9 Å². The lowest BCUT2D eigenvalue weighted by Gasteiger charge is -2.12. The number of halogens is 2. The standard InChI is InChI=1S/C24H20Cl2N6O3/c1-34-22-11-16(7-10-21(22)35-15-18-8-9-19(25)12-20(18)26)13-27-28-23(33)14-32-30-24(29-31-32)17-5-3-2-4-6-17/h2-13H,14-15H2,1H3,(H,28,33). The Labute approximate surface area is 211 Å². The van der Waals surface area contributed by atoms with Gasteiger partial charge in [-0.3, -0.25) is 4.79 Å². The molecule has 178 valence electrons. The number of benzene rings is 3. The molecule has 0 aliphatic carbocycles. The van der Waals surface area contributed by atoms with Gasteiger partial charge in [-0.25, -0.2) is 5.43 Å². The Morgan fingerprint density at radius 3 is 2.69 bits per heavy atom. The molecule has 0 saturated heterocycles. The van der Waals surface area contributed by atoms with Crippen LogP contribution in [0.25, 0.3) is 11.4 Å². The van der Waals surface area contributed by atoms with Crippen LogP contribution in [-0.4, -0.2) is 39.4 Å². The summed E-state index contributed by atoms with van der Waals surface area (Å²) < 4.78 is 11.3. The van der Waals surface area contributed by atoms with Crippen LogP contribution in [0.3, 0.4) is 0 Å². The number of carbonyl (C=O) groups is 1. The van der Waals surface area contributed by atoms with Gasteiger partial charge in [-0.1, -0.05) is 59.6 Å². The molecule has 0 atom stereocenters. The van der Waals surface area contributed by atoms with Crippen molar-refractivity contribution in [2.45, 2.75) is 13.2 Å². The van der Waals surface area contributed by atoms with E-state index < -0.39 is 5.91 Å². The molecule has 4 rings (SSSR count). The Balaban J connectivity index is 1.32. The van der Waals surface area contributed by atoms with Gasteiger partial charge < -0.3 is 9.47 Å². The summed E-state index contributed by atoms with van der Waals surface area (Å²) in [5.41, 5.74) is 4.75. The predicted octanol–water partition coefficient (Wildman–Crippen LogP) is 4.38. The second-order valence-electron chi connectivity index (χ2n) is 7.24. The van der Waals surface area contributed by atoms with E-state index in [1.807, 2.05) is 30.3 Å². The van der Waals surface area contributed by atoms with Gasteiger partial charge in [0.1, 0.15) is 13.2 Å². The van der Waals surface area contributed by atoms with E-state index in [9.17, 15) is 4.79 Å².